The van der Waals surface area contributed by atoms with Crippen LogP contribution in [0.3, 0.4) is 0 Å². The van der Waals surface area contributed by atoms with E-state index in [-0.39, 0.29) is 11.9 Å². The molecule has 128 valence electrons. The number of amides is 1. The first-order valence-corrected chi connectivity index (χ1v) is 9.29. The zero-order chi connectivity index (χ0) is 17.1. The molecule has 7 heteroatoms. The van der Waals surface area contributed by atoms with Gasteiger partial charge in [0.1, 0.15) is 6.04 Å². The van der Waals surface area contributed by atoms with Gasteiger partial charge in [-0.15, -0.1) is 11.3 Å². The molecule has 4 heterocycles. The van der Waals surface area contributed by atoms with Gasteiger partial charge in [0.2, 0.25) is 11.7 Å². The molecule has 3 aromatic heterocycles. The van der Waals surface area contributed by atoms with Gasteiger partial charge in [0, 0.05) is 24.5 Å². The number of pyridine rings is 1. The van der Waals surface area contributed by atoms with E-state index < -0.39 is 0 Å². The molecule has 25 heavy (non-hydrogen) atoms. The Morgan fingerprint density at radius 3 is 3.00 bits per heavy atom. The van der Waals surface area contributed by atoms with Crippen LogP contribution in [-0.4, -0.2) is 32.5 Å². The molecule has 0 N–H and O–H groups in total. The van der Waals surface area contributed by atoms with Crippen LogP contribution >= 0.6 is 11.3 Å². The molecular weight excluding hydrogens is 336 g/mol. The third kappa shape index (κ3) is 3.32. The van der Waals surface area contributed by atoms with Crippen LogP contribution in [0.2, 0.25) is 0 Å². The van der Waals surface area contributed by atoms with Crippen molar-refractivity contribution in [2.45, 2.75) is 31.7 Å². The standard InChI is InChI=1S/C18H18N4O2S/c23-18(15-8-5-11-25-15)22-10-3-1-2-7-14(22)17-20-16(21-24-17)13-6-4-9-19-12-13/h4-6,8-9,11-12,14H,1-3,7,10H2. The van der Waals surface area contributed by atoms with Crippen LogP contribution in [0.5, 0.6) is 0 Å². The van der Waals surface area contributed by atoms with Crippen molar-refractivity contribution in [2.24, 2.45) is 0 Å². The van der Waals surface area contributed by atoms with Crippen LogP contribution in [-0.2, 0) is 0 Å². The van der Waals surface area contributed by atoms with Gasteiger partial charge in [0.15, 0.2) is 0 Å². The van der Waals surface area contributed by atoms with Crippen molar-refractivity contribution in [3.63, 3.8) is 0 Å². The Morgan fingerprint density at radius 2 is 2.20 bits per heavy atom. The monoisotopic (exact) mass is 354 g/mol. The summed E-state index contributed by atoms with van der Waals surface area (Å²) in [6, 6.07) is 7.32. The third-order valence-corrected chi connectivity index (χ3v) is 5.25. The zero-order valence-electron chi connectivity index (χ0n) is 13.7. The average molecular weight is 354 g/mol. The Kier molecular flexibility index (Phi) is 4.56. The van der Waals surface area contributed by atoms with Crippen molar-refractivity contribution in [1.29, 1.82) is 0 Å². The number of hydrogen-bond donors (Lipinski definition) is 0. The summed E-state index contributed by atoms with van der Waals surface area (Å²) < 4.78 is 5.53. The molecule has 4 rings (SSSR count). The van der Waals surface area contributed by atoms with E-state index in [0.29, 0.717) is 18.3 Å². The quantitative estimate of drug-likeness (QED) is 0.712. The number of hydrogen-bond acceptors (Lipinski definition) is 6. The molecule has 1 unspecified atom stereocenters. The second-order valence-electron chi connectivity index (χ2n) is 6.04. The van der Waals surface area contributed by atoms with Crippen LogP contribution in [0.15, 0.2) is 46.6 Å². The summed E-state index contributed by atoms with van der Waals surface area (Å²) >= 11 is 1.46. The summed E-state index contributed by atoms with van der Waals surface area (Å²) in [4.78, 5) is 24.2. The predicted molar refractivity (Wildman–Crippen MR) is 94.1 cm³/mol. The van der Waals surface area contributed by atoms with Crippen molar-refractivity contribution in [2.75, 3.05) is 6.54 Å². The van der Waals surface area contributed by atoms with E-state index in [9.17, 15) is 4.79 Å². The average Bonchev–Trinajstić information content (AvgIpc) is 3.30. The predicted octanol–water partition coefficient (Wildman–Crippen LogP) is 3.95. The van der Waals surface area contributed by atoms with Gasteiger partial charge in [-0.3, -0.25) is 9.78 Å². The van der Waals surface area contributed by atoms with Gasteiger partial charge in [0.25, 0.3) is 5.91 Å². The van der Waals surface area contributed by atoms with Crippen LogP contribution in [0.25, 0.3) is 11.4 Å². The Morgan fingerprint density at radius 1 is 1.24 bits per heavy atom. The Labute approximate surface area is 149 Å². The summed E-state index contributed by atoms with van der Waals surface area (Å²) in [7, 11) is 0. The lowest BCUT2D eigenvalue weighted by atomic mass is 10.1. The van der Waals surface area contributed by atoms with Crippen LogP contribution in [0.4, 0.5) is 0 Å². The molecule has 1 atom stereocenters. The number of rotatable bonds is 3. The van der Waals surface area contributed by atoms with Crippen molar-refractivity contribution in [1.82, 2.24) is 20.0 Å². The number of likely N-dealkylation sites (tertiary alicyclic amines) is 1. The molecule has 1 amide bonds. The number of carbonyl (C=O) groups excluding carboxylic acids is 1. The molecule has 1 fully saturated rings. The Balaban J connectivity index is 1.64. The molecule has 3 aromatic rings. The maximum Gasteiger partial charge on any atom is 0.264 e. The number of carbonyl (C=O) groups is 1. The fourth-order valence-electron chi connectivity index (χ4n) is 3.13. The number of aromatic nitrogens is 3. The van der Waals surface area contributed by atoms with Crippen molar-refractivity contribution < 1.29 is 9.32 Å². The van der Waals surface area contributed by atoms with Gasteiger partial charge in [0.05, 0.1) is 4.88 Å². The van der Waals surface area contributed by atoms with E-state index in [4.69, 9.17) is 4.52 Å². The molecular formula is C18H18N4O2S. The van der Waals surface area contributed by atoms with E-state index >= 15 is 0 Å². The number of thiophene rings is 1. The fraction of sp³-hybridized carbons (Fsp3) is 0.333. The molecule has 0 bridgehead atoms. The topological polar surface area (TPSA) is 72.1 Å². The van der Waals surface area contributed by atoms with E-state index in [1.165, 1.54) is 11.3 Å². The highest BCUT2D eigenvalue weighted by molar-refractivity contribution is 7.12. The second kappa shape index (κ2) is 7.14. The van der Waals surface area contributed by atoms with Gasteiger partial charge < -0.3 is 9.42 Å². The highest BCUT2D eigenvalue weighted by atomic mass is 32.1. The Bertz CT molecular complexity index is 832. The molecule has 0 radical (unpaired) electrons. The first kappa shape index (κ1) is 16.0. The summed E-state index contributed by atoms with van der Waals surface area (Å²) in [5.41, 5.74) is 0.808. The van der Waals surface area contributed by atoms with Gasteiger partial charge in [-0.05, 0) is 36.4 Å². The normalized spacial score (nSPS) is 18.1. The minimum atomic E-state index is -0.171. The van der Waals surface area contributed by atoms with E-state index in [1.807, 2.05) is 34.5 Å². The lowest BCUT2D eigenvalue weighted by Crippen LogP contribution is -2.34. The maximum atomic E-state index is 12.9. The van der Waals surface area contributed by atoms with Crippen molar-refractivity contribution >= 4 is 17.2 Å². The third-order valence-electron chi connectivity index (χ3n) is 4.39. The highest BCUT2D eigenvalue weighted by Crippen LogP contribution is 2.32. The molecule has 0 saturated carbocycles. The van der Waals surface area contributed by atoms with Crippen molar-refractivity contribution in [3.8, 4) is 11.4 Å². The molecule has 6 nitrogen and oxygen atoms in total. The van der Waals surface area contributed by atoms with Gasteiger partial charge in [-0.1, -0.05) is 24.1 Å². The largest absolute Gasteiger partial charge is 0.337 e. The molecule has 0 aliphatic carbocycles. The fourth-order valence-corrected chi connectivity index (χ4v) is 3.81. The van der Waals surface area contributed by atoms with Crippen LogP contribution in [0, 0.1) is 0 Å². The molecule has 0 spiro atoms. The lowest BCUT2D eigenvalue weighted by Gasteiger charge is -2.26. The smallest absolute Gasteiger partial charge is 0.264 e. The SMILES string of the molecule is O=C(c1cccs1)N1CCCCCC1c1nc(-c2cccnc2)no1. The molecule has 1 saturated heterocycles. The second-order valence-corrected chi connectivity index (χ2v) is 6.99. The van der Waals surface area contributed by atoms with Crippen LogP contribution in [0.1, 0.15) is 47.3 Å². The minimum absolute atomic E-state index is 0.0445. The highest BCUT2D eigenvalue weighted by Gasteiger charge is 2.32. The van der Waals surface area contributed by atoms with Gasteiger partial charge in [-0.2, -0.15) is 4.98 Å². The lowest BCUT2D eigenvalue weighted by molar-refractivity contribution is 0.0649. The molecule has 1 aliphatic heterocycles. The minimum Gasteiger partial charge on any atom is -0.337 e. The van der Waals surface area contributed by atoms with E-state index in [2.05, 4.69) is 15.1 Å². The summed E-state index contributed by atoms with van der Waals surface area (Å²) in [5.74, 6) is 1.06. The zero-order valence-corrected chi connectivity index (χ0v) is 14.5. The summed E-state index contributed by atoms with van der Waals surface area (Å²) in [5, 5.41) is 6.01. The number of nitrogens with zero attached hydrogens (tertiary/aromatic N) is 4. The summed E-state index contributed by atoms with van der Waals surface area (Å²) in [6.07, 6.45) is 7.40. The Hall–Kier alpha value is -2.54. The van der Waals surface area contributed by atoms with Gasteiger partial charge >= 0.3 is 0 Å². The maximum absolute atomic E-state index is 12.9. The first-order valence-electron chi connectivity index (χ1n) is 8.41. The molecule has 0 aromatic carbocycles. The first-order chi connectivity index (χ1) is 12.3. The van der Waals surface area contributed by atoms with Crippen molar-refractivity contribution in [3.05, 3.63) is 52.8 Å². The van der Waals surface area contributed by atoms with E-state index in [1.54, 1.807) is 12.4 Å². The molecule has 1 aliphatic rings. The van der Waals surface area contributed by atoms with Gasteiger partial charge in [-0.25, -0.2) is 0 Å². The van der Waals surface area contributed by atoms with Crippen LogP contribution < -0.4 is 0 Å². The van der Waals surface area contributed by atoms with E-state index in [0.717, 1.165) is 36.1 Å². The summed E-state index contributed by atoms with van der Waals surface area (Å²) in [6.45, 7) is 0.714.